The smallest absolute Gasteiger partial charge is 0.264 e. The molecule has 0 spiro atoms. The minimum absolute atomic E-state index is 0.0690. The molecule has 0 aromatic heterocycles. The van der Waals surface area contributed by atoms with E-state index in [1.54, 1.807) is 24.3 Å². The minimum Gasteiger partial charge on any atom is -0.399 e. The quantitative estimate of drug-likeness (QED) is 0.277. The maximum atomic E-state index is 14.5. The number of imide groups is 2. The number of nitrogen functional groups attached to an aromatic ring is 1. The molecule has 3 aromatic rings. The molecule has 222 valence electrons. The fraction of sp³-hybridized carbons (Fsp3) is 0.290. The average molecular weight is 605 g/mol. The lowest BCUT2D eigenvalue weighted by Gasteiger charge is -2.36. The van der Waals surface area contributed by atoms with Gasteiger partial charge in [-0.1, -0.05) is 41.9 Å². The summed E-state index contributed by atoms with van der Waals surface area (Å²) in [7, 11) is 0. The number of rotatable bonds is 7. The van der Waals surface area contributed by atoms with Gasteiger partial charge in [0, 0.05) is 57.1 Å². The Bertz CT molecular complexity index is 1600. The van der Waals surface area contributed by atoms with Gasteiger partial charge in [-0.05, 0) is 41.8 Å². The van der Waals surface area contributed by atoms with Crippen LogP contribution in [0, 0.1) is 5.82 Å². The summed E-state index contributed by atoms with van der Waals surface area (Å²) in [5.41, 5.74) is 9.48. The van der Waals surface area contributed by atoms with Gasteiger partial charge in [0.05, 0.1) is 21.8 Å². The van der Waals surface area contributed by atoms with Crippen LogP contribution >= 0.6 is 11.6 Å². The largest absolute Gasteiger partial charge is 0.399 e. The molecular formula is C31H30ClFN6O4. The monoisotopic (exact) mass is 604 g/mol. The lowest BCUT2D eigenvalue weighted by atomic mass is 10.0. The van der Waals surface area contributed by atoms with E-state index in [0.29, 0.717) is 41.7 Å². The number of piperidine rings is 1. The summed E-state index contributed by atoms with van der Waals surface area (Å²) >= 11 is 6.26. The number of piperazine rings is 1. The van der Waals surface area contributed by atoms with E-state index in [4.69, 9.17) is 17.3 Å². The van der Waals surface area contributed by atoms with Gasteiger partial charge in [-0.15, -0.1) is 0 Å². The number of nitrogens with one attached hydrogen (secondary N) is 2. The van der Waals surface area contributed by atoms with Crippen molar-refractivity contribution in [2.24, 2.45) is 0 Å². The minimum atomic E-state index is -1.01. The lowest BCUT2D eigenvalue weighted by molar-refractivity contribution is -0.136. The molecule has 6 rings (SSSR count). The fourth-order valence-corrected chi connectivity index (χ4v) is 6.23. The van der Waals surface area contributed by atoms with Crippen LogP contribution < -0.4 is 21.3 Å². The van der Waals surface area contributed by atoms with E-state index in [1.165, 1.54) is 6.07 Å². The van der Waals surface area contributed by atoms with E-state index in [-0.39, 0.29) is 24.0 Å². The van der Waals surface area contributed by atoms with Crippen molar-refractivity contribution in [3.63, 3.8) is 0 Å². The first kappa shape index (κ1) is 28.6. The van der Waals surface area contributed by atoms with Gasteiger partial charge in [-0.25, -0.2) is 4.39 Å². The first-order valence-electron chi connectivity index (χ1n) is 14.1. The first-order chi connectivity index (χ1) is 20.7. The molecular weight excluding hydrogens is 575 g/mol. The van der Waals surface area contributed by atoms with E-state index >= 15 is 0 Å². The number of hydrogen-bond acceptors (Lipinski definition) is 8. The Labute approximate surface area is 252 Å². The van der Waals surface area contributed by atoms with Crippen molar-refractivity contribution in [2.75, 3.05) is 42.1 Å². The Morgan fingerprint density at radius 3 is 2.37 bits per heavy atom. The van der Waals surface area contributed by atoms with Gasteiger partial charge in [-0.3, -0.25) is 34.3 Å². The third-order valence-electron chi connectivity index (χ3n) is 8.11. The van der Waals surface area contributed by atoms with E-state index < -0.39 is 35.5 Å². The second-order valence-electron chi connectivity index (χ2n) is 10.9. The molecule has 0 saturated carbocycles. The number of halogens is 2. The van der Waals surface area contributed by atoms with Crippen LogP contribution in [0.4, 0.5) is 21.5 Å². The highest BCUT2D eigenvalue weighted by atomic mass is 35.5. The number of carbonyl (C=O) groups is 4. The molecule has 10 nitrogen and oxygen atoms in total. The number of amides is 4. The number of fused-ring (bicyclic) bond motifs is 1. The van der Waals surface area contributed by atoms with Crippen LogP contribution in [0.3, 0.4) is 0 Å². The second-order valence-corrected chi connectivity index (χ2v) is 11.3. The van der Waals surface area contributed by atoms with Crippen LogP contribution in [0.25, 0.3) is 0 Å². The lowest BCUT2D eigenvalue weighted by Crippen LogP contribution is -2.54. The molecule has 4 N–H and O–H groups in total. The summed E-state index contributed by atoms with van der Waals surface area (Å²) in [6.07, 6.45) is 0.177. The highest BCUT2D eigenvalue weighted by molar-refractivity contribution is 6.33. The molecule has 1 atom stereocenters. The summed E-state index contributed by atoms with van der Waals surface area (Å²) in [5.74, 6) is -2.54. The predicted molar refractivity (Wildman–Crippen MR) is 160 cm³/mol. The van der Waals surface area contributed by atoms with E-state index in [2.05, 4.69) is 27.7 Å². The molecule has 0 radical (unpaired) electrons. The Morgan fingerprint density at radius 1 is 0.953 bits per heavy atom. The van der Waals surface area contributed by atoms with Crippen molar-refractivity contribution in [1.29, 1.82) is 0 Å². The summed E-state index contributed by atoms with van der Waals surface area (Å²) in [6.45, 7) is 3.97. The number of carbonyl (C=O) groups excluding carboxylic acids is 4. The number of benzene rings is 3. The van der Waals surface area contributed by atoms with Crippen LogP contribution in [-0.4, -0.2) is 65.6 Å². The third kappa shape index (κ3) is 5.65. The van der Waals surface area contributed by atoms with Crippen molar-refractivity contribution in [2.45, 2.75) is 32.0 Å². The zero-order chi connectivity index (χ0) is 30.2. The third-order valence-corrected chi connectivity index (χ3v) is 8.40. The van der Waals surface area contributed by atoms with Gasteiger partial charge in [0.15, 0.2) is 0 Å². The van der Waals surface area contributed by atoms with Crippen LogP contribution in [-0.2, 0) is 22.7 Å². The van der Waals surface area contributed by atoms with E-state index in [0.717, 1.165) is 35.7 Å². The highest BCUT2D eigenvalue weighted by Gasteiger charge is 2.45. The van der Waals surface area contributed by atoms with Crippen molar-refractivity contribution in [3.05, 3.63) is 87.7 Å². The Balaban J connectivity index is 1.05. The van der Waals surface area contributed by atoms with Gasteiger partial charge in [0.25, 0.3) is 11.8 Å². The molecule has 3 aliphatic heterocycles. The zero-order valence-electron chi connectivity index (χ0n) is 23.2. The Hall–Kier alpha value is -4.48. The topological polar surface area (TPSA) is 128 Å². The molecule has 2 fully saturated rings. The van der Waals surface area contributed by atoms with Crippen LogP contribution in [0.5, 0.6) is 0 Å². The maximum Gasteiger partial charge on any atom is 0.264 e. The van der Waals surface area contributed by atoms with Crippen molar-refractivity contribution < 1.29 is 23.6 Å². The maximum absolute atomic E-state index is 14.5. The molecule has 2 saturated heterocycles. The van der Waals surface area contributed by atoms with Gasteiger partial charge in [-0.2, -0.15) is 0 Å². The number of hydrogen-bond donors (Lipinski definition) is 3. The summed E-state index contributed by atoms with van der Waals surface area (Å²) in [4.78, 5) is 55.5. The SMILES string of the molecule is Nc1cc(F)c(N2CCN(Cc3ccc(CNc4cccc5c4C(=O)N(C4CCC(=O)NC4=O)C5=O)cc3)CC2)c(Cl)c1. The van der Waals surface area contributed by atoms with E-state index in [9.17, 15) is 23.6 Å². The number of nitrogens with two attached hydrogens (primary N) is 1. The Kier molecular flexibility index (Phi) is 7.76. The molecule has 12 heteroatoms. The average Bonchev–Trinajstić information content (AvgIpc) is 3.23. The molecule has 3 aliphatic rings. The second kappa shape index (κ2) is 11.7. The van der Waals surface area contributed by atoms with E-state index in [1.807, 2.05) is 17.0 Å². The van der Waals surface area contributed by atoms with Crippen molar-refractivity contribution in [1.82, 2.24) is 15.1 Å². The first-order valence-corrected chi connectivity index (χ1v) is 14.5. The normalized spacial score (nSPS) is 19.1. The van der Waals surface area contributed by atoms with Crippen LogP contribution in [0.2, 0.25) is 5.02 Å². The summed E-state index contributed by atoms with van der Waals surface area (Å²) < 4.78 is 14.5. The Morgan fingerprint density at radius 2 is 1.67 bits per heavy atom. The fourth-order valence-electron chi connectivity index (χ4n) is 5.90. The molecule has 0 aliphatic carbocycles. The number of anilines is 3. The molecule has 3 aromatic carbocycles. The van der Waals surface area contributed by atoms with Gasteiger partial charge < -0.3 is 16.0 Å². The van der Waals surface area contributed by atoms with Gasteiger partial charge in [0.2, 0.25) is 11.8 Å². The molecule has 43 heavy (non-hydrogen) atoms. The van der Waals surface area contributed by atoms with Crippen molar-refractivity contribution >= 4 is 52.3 Å². The standard InChI is InChI=1S/C31H30ClFN6O4/c32-22-14-20(34)15-23(33)28(22)38-12-10-37(11-13-38)17-19-6-4-18(5-7-19)16-35-24-3-1-2-21-27(24)31(43)39(30(21)42)25-8-9-26(40)36-29(25)41/h1-7,14-15,25,35H,8-13,16-17,34H2,(H,36,40,41). The van der Waals surface area contributed by atoms with Crippen LogP contribution in [0.1, 0.15) is 44.7 Å². The van der Waals surface area contributed by atoms with Crippen LogP contribution in [0.15, 0.2) is 54.6 Å². The molecule has 1 unspecified atom stereocenters. The van der Waals surface area contributed by atoms with Gasteiger partial charge >= 0.3 is 0 Å². The summed E-state index contributed by atoms with van der Waals surface area (Å²) in [6, 6.07) is 15.0. The predicted octanol–water partition coefficient (Wildman–Crippen LogP) is 3.40. The van der Waals surface area contributed by atoms with Crippen molar-refractivity contribution in [3.8, 4) is 0 Å². The zero-order valence-corrected chi connectivity index (χ0v) is 24.0. The molecule has 3 heterocycles. The molecule has 4 amide bonds. The summed E-state index contributed by atoms with van der Waals surface area (Å²) in [5, 5.41) is 5.80. The van der Waals surface area contributed by atoms with Gasteiger partial charge in [0.1, 0.15) is 11.9 Å². The highest BCUT2D eigenvalue weighted by Crippen LogP contribution is 2.34. The molecule has 0 bridgehead atoms. The number of nitrogens with zero attached hydrogens (tertiary/aromatic N) is 3.